The minimum absolute atomic E-state index is 0.215. The number of aryl methyl sites for hydroxylation is 1. The van der Waals surface area contributed by atoms with Gasteiger partial charge in [-0.3, -0.25) is 19.5 Å². The molecule has 9 heteroatoms. The fourth-order valence-corrected chi connectivity index (χ4v) is 2.94. The van der Waals surface area contributed by atoms with Gasteiger partial charge in [0.1, 0.15) is 6.54 Å². The van der Waals surface area contributed by atoms with E-state index < -0.39 is 23.6 Å². The normalized spacial score (nSPS) is 11.1. The van der Waals surface area contributed by atoms with Crippen LogP contribution in [-0.4, -0.2) is 25.4 Å². The van der Waals surface area contributed by atoms with E-state index in [0.717, 1.165) is 4.57 Å². The average molecular weight is 368 g/mol. The first kappa shape index (κ1) is 16.4. The third kappa shape index (κ3) is 2.61. The van der Waals surface area contributed by atoms with Crippen LogP contribution in [0.4, 0.5) is 0 Å². The van der Waals surface area contributed by atoms with Gasteiger partial charge in [-0.25, -0.2) is 4.68 Å². The van der Waals surface area contributed by atoms with Crippen LogP contribution in [0.3, 0.4) is 0 Å². The molecule has 0 atom stereocenters. The van der Waals surface area contributed by atoms with Gasteiger partial charge in [-0.05, 0) is 25.1 Å². The number of nitrogens with zero attached hydrogens (tertiary/aromatic N) is 2. The summed E-state index contributed by atoms with van der Waals surface area (Å²) in [6, 6.07) is 5.83. The first-order valence-electron chi connectivity index (χ1n) is 6.82. The second kappa shape index (κ2) is 5.85. The summed E-state index contributed by atoms with van der Waals surface area (Å²) in [5.74, 6) is -1.17. The summed E-state index contributed by atoms with van der Waals surface area (Å²) < 4.78 is 2.21. The van der Waals surface area contributed by atoms with Crippen LogP contribution in [0.5, 0.6) is 0 Å². The third-order valence-corrected chi connectivity index (χ3v) is 4.22. The van der Waals surface area contributed by atoms with Gasteiger partial charge in [0.2, 0.25) is 0 Å². The van der Waals surface area contributed by atoms with Crippen molar-refractivity contribution in [1.29, 1.82) is 0 Å². The Labute approximate surface area is 144 Å². The van der Waals surface area contributed by atoms with Gasteiger partial charge in [0.15, 0.2) is 0 Å². The molecule has 3 rings (SSSR count). The number of halogens is 2. The van der Waals surface area contributed by atoms with E-state index in [1.807, 2.05) is 0 Å². The number of hydrogen-bond acceptors (Lipinski definition) is 3. The largest absolute Gasteiger partial charge is 0.480 e. The van der Waals surface area contributed by atoms with Crippen LogP contribution in [-0.2, 0) is 11.3 Å². The molecule has 0 saturated carbocycles. The van der Waals surface area contributed by atoms with Crippen LogP contribution in [0.2, 0.25) is 10.0 Å². The zero-order valence-electron chi connectivity index (χ0n) is 12.3. The molecule has 0 aliphatic heterocycles. The molecule has 0 unspecified atom stereocenters. The van der Waals surface area contributed by atoms with Crippen molar-refractivity contribution in [2.75, 3.05) is 0 Å². The molecule has 0 amide bonds. The van der Waals surface area contributed by atoms with Crippen LogP contribution in [0.15, 0.2) is 33.9 Å². The number of carbonyl (C=O) groups is 1. The van der Waals surface area contributed by atoms with E-state index in [1.54, 1.807) is 12.1 Å². The van der Waals surface area contributed by atoms with Gasteiger partial charge in [0.25, 0.3) is 11.1 Å². The van der Waals surface area contributed by atoms with E-state index in [0.29, 0.717) is 21.2 Å². The highest BCUT2D eigenvalue weighted by atomic mass is 35.5. The molecule has 1 aromatic carbocycles. The van der Waals surface area contributed by atoms with E-state index in [4.69, 9.17) is 28.3 Å². The Hall–Kier alpha value is -2.51. The monoisotopic (exact) mass is 367 g/mol. The van der Waals surface area contributed by atoms with Crippen LogP contribution < -0.4 is 11.1 Å². The van der Waals surface area contributed by atoms with Gasteiger partial charge in [-0.2, -0.15) is 0 Å². The summed E-state index contributed by atoms with van der Waals surface area (Å²) in [5.41, 5.74) is -0.0842. The fourth-order valence-electron chi connectivity index (χ4n) is 2.57. The van der Waals surface area contributed by atoms with Crippen molar-refractivity contribution in [3.63, 3.8) is 0 Å². The predicted molar refractivity (Wildman–Crippen MR) is 90.5 cm³/mol. The van der Waals surface area contributed by atoms with Crippen molar-refractivity contribution in [2.45, 2.75) is 13.5 Å². The number of aromatic amines is 1. The summed E-state index contributed by atoms with van der Waals surface area (Å²) in [6.45, 7) is 0.995. The molecular formula is C15H11Cl2N3O4. The number of pyridine rings is 1. The Morgan fingerprint density at radius 3 is 2.62 bits per heavy atom. The lowest BCUT2D eigenvalue weighted by Crippen LogP contribution is -2.26. The van der Waals surface area contributed by atoms with Crippen LogP contribution in [0, 0.1) is 6.92 Å². The van der Waals surface area contributed by atoms with Crippen molar-refractivity contribution in [1.82, 2.24) is 14.3 Å². The molecule has 3 aromatic rings. The van der Waals surface area contributed by atoms with Crippen LogP contribution in [0.1, 0.15) is 5.69 Å². The number of rotatable bonds is 3. The molecule has 0 saturated heterocycles. The number of aliphatic carboxylic acids is 1. The Morgan fingerprint density at radius 1 is 1.25 bits per heavy atom. The number of carboxylic acid groups (broad SMARTS) is 1. The standard InChI is InChI=1S/C15H11Cl2N3O4/c1-7-14-10(5-12(21)19(7)6-13(22)23)18-20(15(14)24)11-4-8(16)2-3-9(11)17/h2-5,18H,6H2,1H3,(H,22,23). The Balaban J connectivity index is 2.35. The highest BCUT2D eigenvalue weighted by Gasteiger charge is 2.17. The van der Waals surface area contributed by atoms with E-state index in [2.05, 4.69) is 5.10 Å². The lowest BCUT2D eigenvalue weighted by Gasteiger charge is -2.06. The maximum Gasteiger partial charge on any atom is 0.323 e. The smallest absolute Gasteiger partial charge is 0.323 e. The van der Waals surface area contributed by atoms with Crippen molar-refractivity contribution >= 4 is 40.1 Å². The molecule has 0 fully saturated rings. The molecule has 0 aliphatic carbocycles. The van der Waals surface area contributed by atoms with Gasteiger partial charge >= 0.3 is 5.97 Å². The fraction of sp³-hybridized carbons (Fsp3) is 0.133. The highest BCUT2D eigenvalue weighted by Crippen LogP contribution is 2.24. The molecule has 124 valence electrons. The number of nitrogens with one attached hydrogen (secondary N) is 1. The second-order valence-corrected chi connectivity index (χ2v) is 6.03. The number of carboxylic acids is 1. The van der Waals surface area contributed by atoms with Gasteiger partial charge in [0.05, 0.1) is 21.6 Å². The van der Waals surface area contributed by atoms with Crippen molar-refractivity contribution in [2.24, 2.45) is 0 Å². The van der Waals surface area contributed by atoms with Gasteiger partial charge in [-0.1, -0.05) is 23.2 Å². The third-order valence-electron chi connectivity index (χ3n) is 3.66. The summed E-state index contributed by atoms with van der Waals surface area (Å²) in [5, 5.41) is 12.6. The van der Waals surface area contributed by atoms with Crippen LogP contribution in [0.25, 0.3) is 16.6 Å². The minimum atomic E-state index is -1.17. The zero-order valence-corrected chi connectivity index (χ0v) is 13.9. The highest BCUT2D eigenvalue weighted by molar-refractivity contribution is 6.34. The number of aromatic nitrogens is 3. The molecule has 0 bridgehead atoms. The average Bonchev–Trinajstić information content (AvgIpc) is 2.82. The molecule has 24 heavy (non-hydrogen) atoms. The van der Waals surface area contributed by atoms with E-state index in [9.17, 15) is 14.4 Å². The number of hydrogen-bond donors (Lipinski definition) is 2. The van der Waals surface area contributed by atoms with E-state index in [1.165, 1.54) is 23.7 Å². The Bertz CT molecular complexity index is 1090. The van der Waals surface area contributed by atoms with Gasteiger partial charge < -0.3 is 9.67 Å². The molecule has 2 heterocycles. The Morgan fingerprint density at radius 2 is 1.96 bits per heavy atom. The lowest BCUT2D eigenvalue weighted by molar-refractivity contribution is -0.137. The first-order valence-corrected chi connectivity index (χ1v) is 7.57. The molecule has 2 aromatic heterocycles. The molecular weight excluding hydrogens is 357 g/mol. The quantitative estimate of drug-likeness (QED) is 0.741. The summed E-state index contributed by atoms with van der Waals surface area (Å²) in [4.78, 5) is 35.7. The molecule has 0 spiro atoms. The first-order chi connectivity index (χ1) is 11.3. The number of H-pyrrole nitrogens is 1. The van der Waals surface area contributed by atoms with E-state index in [-0.39, 0.29) is 11.1 Å². The van der Waals surface area contributed by atoms with Gasteiger partial charge in [-0.15, -0.1) is 0 Å². The molecule has 2 N–H and O–H groups in total. The lowest BCUT2D eigenvalue weighted by atomic mass is 10.2. The molecule has 7 nitrogen and oxygen atoms in total. The Kier molecular flexibility index (Phi) is 3.98. The van der Waals surface area contributed by atoms with Crippen LogP contribution >= 0.6 is 23.2 Å². The molecule has 0 aliphatic rings. The summed E-state index contributed by atoms with van der Waals surface area (Å²) in [6.07, 6.45) is 0. The zero-order chi connectivity index (χ0) is 17.6. The summed E-state index contributed by atoms with van der Waals surface area (Å²) >= 11 is 12.1. The topological polar surface area (TPSA) is 97.1 Å². The SMILES string of the molecule is Cc1c2c(=O)n(-c3cc(Cl)ccc3Cl)[nH]c2cc(=O)n1CC(=O)O. The van der Waals surface area contributed by atoms with Crippen molar-refractivity contribution in [3.8, 4) is 5.69 Å². The number of fused-ring (bicyclic) bond motifs is 1. The second-order valence-electron chi connectivity index (χ2n) is 5.18. The van der Waals surface area contributed by atoms with Crippen molar-refractivity contribution in [3.05, 3.63) is 60.7 Å². The predicted octanol–water partition coefficient (Wildman–Crippen LogP) is 2.18. The summed E-state index contributed by atoms with van der Waals surface area (Å²) in [7, 11) is 0. The molecule has 0 radical (unpaired) electrons. The van der Waals surface area contributed by atoms with Gasteiger partial charge in [0, 0.05) is 16.8 Å². The van der Waals surface area contributed by atoms with Crippen molar-refractivity contribution < 1.29 is 9.90 Å². The number of benzene rings is 1. The maximum atomic E-state index is 12.7. The van der Waals surface area contributed by atoms with E-state index >= 15 is 0 Å². The maximum absolute atomic E-state index is 12.7. The minimum Gasteiger partial charge on any atom is -0.480 e.